The summed E-state index contributed by atoms with van der Waals surface area (Å²) >= 11 is 0. The third-order valence-electron chi connectivity index (χ3n) is 4.92. The lowest BCUT2D eigenvalue weighted by Gasteiger charge is -2.18. The van der Waals surface area contributed by atoms with Crippen LogP contribution in [-0.2, 0) is 11.2 Å². The molecule has 2 aromatic rings. The summed E-state index contributed by atoms with van der Waals surface area (Å²) in [7, 11) is 0. The molecule has 7 heteroatoms. The molecule has 0 bridgehead atoms. The minimum Gasteiger partial charge on any atom is -0.480 e. The lowest BCUT2D eigenvalue weighted by molar-refractivity contribution is -0.140. The normalized spacial score (nSPS) is 14.1. The van der Waals surface area contributed by atoms with Gasteiger partial charge < -0.3 is 10.4 Å². The van der Waals surface area contributed by atoms with Gasteiger partial charge in [-0.1, -0.05) is 44.2 Å². The van der Waals surface area contributed by atoms with Gasteiger partial charge in [-0.05, 0) is 36.1 Å². The van der Waals surface area contributed by atoms with Crippen LogP contribution in [0.5, 0.6) is 0 Å². The maximum absolute atomic E-state index is 12.7. The predicted octanol–water partition coefficient (Wildman–Crippen LogP) is 2.36. The van der Waals surface area contributed by atoms with E-state index in [1.807, 2.05) is 30.3 Å². The number of imide groups is 1. The standard InChI is InChI=1S/C22H22N2O5/c1-13(2)18(22(28)29)23-19(25)15-8-9-16-17(12-15)21(27)24(20(16)26)11-10-14-6-4-3-5-7-14/h3-9,12-13,18H,10-11H2,1-2H3,(H,23,25)(H,28,29)/t18-/m0/s1. The van der Waals surface area contributed by atoms with Crippen LogP contribution in [0.2, 0.25) is 0 Å². The number of nitrogens with one attached hydrogen (secondary N) is 1. The monoisotopic (exact) mass is 394 g/mol. The Bertz CT molecular complexity index is 968. The third kappa shape index (κ3) is 4.18. The highest BCUT2D eigenvalue weighted by molar-refractivity contribution is 6.22. The van der Waals surface area contributed by atoms with Crippen LogP contribution < -0.4 is 5.32 Å². The quantitative estimate of drug-likeness (QED) is 0.702. The number of rotatable bonds is 7. The van der Waals surface area contributed by atoms with Gasteiger partial charge in [0.05, 0.1) is 11.1 Å². The predicted molar refractivity (Wildman–Crippen MR) is 106 cm³/mol. The molecule has 1 aliphatic heterocycles. The van der Waals surface area contributed by atoms with Crippen LogP contribution >= 0.6 is 0 Å². The highest BCUT2D eigenvalue weighted by atomic mass is 16.4. The van der Waals surface area contributed by atoms with Gasteiger partial charge in [-0.15, -0.1) is 0 Å². The van der Waals surface area contributed by atoms with Crippen molar-refractivity contribution in [2.45, 2.75) is 26.3 Å². The molecule has 29 heavy (non-hydrogen) atoms. The topological polar surface area (TPSA) is 104 Å². The van der Waals surface area contributed by atoms with Crippen molar-refractivity contribution in [3.05, 3.63) is 70.8 Å². The molecule has 1 heterocycles. The number of hydrogen-bond acceptors (Lipinski definition) is 4. The lowest BCUT2D eigenvalue weighted by atomic mass is 10.0. The summed E-state index contributed by atoms with van der Waals surface area (Å²) in [4.78, 5) is 50.2. The van der Waals surface area contributed by atoms with E-state index in [1.165, 1.54) is 23.1 Å². The fourth-order valence-electron chi connectivity index (χ4n) is 3.26. The molecule has 2 N–H and O–H groups in total. The van der Waals surface area contributed by atoms with E-state index >= 15 is 0 Å². The average molecular weight is 394 g/mol. The Morgan fingerprint density at radius 2 is 1.66 bits per heavy atom. The summed E-state index contributed by atoms with van der Waals surface area (Å²) in [6, 6.07) is 12.7. The second-order valence-electron chi connectivity index (χ2n) is 7.29. The molecule has 3 amide bonds. The number of nitrogens with zero attached hydrogens (tertiary/aromatic N) is 1. The maximum atomic E-state index is 12.7. The minimum absolute atomic E-state index is 0.140. The molecule has 1 atom stereocenters. The Morgan fingerprint density at radius 3 is 2.28 bits per heavy atom. The fourth-order valence-corrected chi connectivity index (χ4v) is 3.26. The summed E-state index contributed by atoms with van der Waals surface area (Å²) in [5, 5.41) is 11.7. The number of carboxylic acids is 1. The Hall–Kier alpha value is -3.48. The number of amides is 3. The van der Waals surface area contributed by atoms with Gasteiger partial charge in [-0.25, -0.2) is 4.79 Å². The lowest BCUT2D eigenvalue weighted by Crippen LogP contribution is -2.44. The van der Waals surface area contributed by atoms with Crippen molar-refractivity contribution in [1.82, 2.24) is 10.2 Å². The van der Waals surface area contributed by atoms with E-state index in [2.05, 4.69) is 5.32 Å². The molecule has 7 nitrogen and oxygen atoms in total. The van der Waals surface area contributed by atoms with E-state index in [0.717, 1.165) is 5.56 Å². The van der Waals surface area contributed by atoms with Crippen molar-refractivity contribution in [1.29, 1.82) is 0 Å². The number of carbonyl (C=O) groups excluding carboxylic acids is 3. The van der Waals surface area contributed by atoms with Crippen molar-refractivity contribution in [3.63, 3.8) is 0 Å². The first-order valence-electron chi connectivity index (χ1n) is 9.37. The minimum atomic E-state index is -1.13. The van der Waals surface area contributed by atoms with E-state index in [1.54, 1.807) is 13.8 Å². The van der Waals surface area contributed by atoms with Crippen LogP contribution in [0.1, 0.15) is 50.5 Å². The van der Waals surface area contributed by atoms with Crippen molar-refractivity contribution in [3.8, 4) is 0 Å². The van der Waals surface area contributed by atoms with Crippen molar-refractivity contribution in [2.75, 3.05) is 6.54 Å². The molecule has 0 spiro atoms. The van der Waals surface area contributed by atoms with E-state index in [9.17, 15) is 24.3 Å². The fraction of sp³-hybridized carbons (Fsp3) is 0.273. The van der Waals surface area contributed by atoms with Gasteiger partial charge in [0.2, 0.25) is 0 Å². The Labute approximate surface area is 168 Å². The number of aliphatic carboxylic acids is 1. The van der Waals surface area contributed by atoms with Crippen LogP contribution in [0.3, 0.4) is 0 Å². The second kappa shape index (κ2) is 8.26. The number of fused-ring (bicyclic) bond motifs is 1. The largest absolute Gasteiger partial charge is 0.480 e. The van der Waals surface area contributed by atoms with Gasteiger partial charge in [0.25, 0.3) is 17.7 Å². The summed E-state index contributed by atoms with van der Waals surface area (Å²) in [5.74, 6) is -2.87. The van der Waals surface area contributed by atoms with E-state index in [4.69, 9.17) is 0 Å². The SMILES string of the molecule is CC(C)[C@H](NC(=O)c1ccc2c(c1)C(=O)N(CCc1ccccc1)C2=O)C(=O)O. The Kier molecular flexibility index (Phi) is 5.77. The van der Waals surface area contributed by atoms with E-state index in [0.29, 0.717) is 6.42 Å². The van der Waals surface area contributed by atoms with Crippen molar-refractivity contribution in [2.24, 2.45) is 5.92 Å². The summed E-state index contributed by atoms with van der Waals surface area (Å²) in [6.07, 6.45) is 0.536. The summed E-state index contributed by atoms with van der Waals surface area (Å²) < 4.78 is 0. The van der Waals surface area contributed by atoms with Gasteiger partial charge in [0.15, 0.2) is 0 Å². The first kappa shape index (κ1) is 20.3. The van der Waals surface area contributed by atoms with Crippen molar-refractivity contribution < 1.29 is 24.3 Å². The van der Waals surface area contributed by atoms with Crippen molar-refractivity contribution >= 4 is 23.7 Å². The Morgan fingerprint density at radius 1 is 1.00 bits per heavy atom. The van der Waals surface area contributed by atoms with Crippen LogP contribution in [-0.4, -0.2) is 46.3 Å². The van der Waals surface area contributed by atoms with Crippen LogP contribution in [0.25, 0.3) is 0 Å². The molecule has 0 radical (unpaired) electrons. The number of carbonyl (C=O) groups is 4. The Balaban J connectivity index is 1.76. The van der Waals surface area contributed by atoms with Gasteiger partial charge in [0.1, 0.15) is 6.04 Å². The smallest absolute Gasteiger partial charge is 0.326 e. The molecular weight excluding hydrogens is 372 g/mol. The molecule has 0 unspecified atom stereocenters. The first-order chi connectivity index (χ1) is 13.8. The zero-order valence-electron chi connectivity index (χ0n) is 16.2. The van der Waals surface area contributed by atoms with Crippen LogP contribution in [0.4, 0.5) is 0 Å². The van der Waals surface area contributed by atoms with Gasteiger partial charge in [-0.3, -0.25) is 19.3 Å². The highest BCUT2D eigenvalue weighted by Gasteiger charge is 2.36. The van der Waals surface area contributed by atoms with E-state index < -0.39 is 29.7 Å². The summed E-state index contributed by atoms with van der Waals surface area (Å²) in [6.45, 7) is 3.62. The van der Waals surface area contributed by atoms with Crippen LogP contribution in [0, 0.1) is 5.92 Å². The molecule has 2 aromatic carbocycles. The number of carboxylic acid groups (broad SMARTS) is 1. The zero-order chi connectivity index (χ0) is 21.1. The number of hydrogen-bond donors (Lipinski definition) is 2. The van der Waals surface area contributed by atoms with Gasteiger partial charge >= 0.3 is 5.97 Å². The molecule has 0 saturated heterocycles. The number of benzene rings is 2. The second-order valence-corrected chi connectivity index (χ2v) is 7.29. The maximum Gasteiger partial charge on any atom is 0.326 e. The average Bonchev–Trinajstić information content (AvgIpc) is 2.94. The molecule has 3 rings (SSSR count). The highest BCUT2D eigenvalue weighted by Crippen LogP contribution is 2.24. The van der Waals surface area contributed by atoms with E-state index in [-0.39, 0.29) is 29.2 Å². The zero-order valence-corrected chi connectivity index (χ0v) is 16.2. The third-order valence-corrected chi connectivity index (χ3v) is 4.92. The van der Waals surface area contributed by atoms with Gasteiger partial charge in [0, 0.05) is 12.1 Å². The molecule has 150 valence electrons. The van der Waals surface area contributed by atoms with Gasteiger partial charge in [-0.2, -0.15) is 0 Å². The van der Waals surface area contributed by atoms with Crippen LogP contribution in [0.15, 0.2) is 48.5 Å². The molecule has 0 fully saturated rings. The molecule has 1 aliphatic rings. The molecule has 0 aliphatic carbocycles. The molecule has 0 saturated carbocycles. The first-order valence-corrected chi connectivity index (χ1v) is 9.37. The summed E-state index contributed by atoms with van der Waals surface area (Å²) in [5.41, 5.74) is 1.56. The molecule has 0 aromatic heterocycles. The molecular formula is C22H22N2O5.